The molecule has 0 radical (unpaired) electrons. The van der Waals surface area contributed by atoms with Gasteiger partial charge in [-0.05, 0) is 13.3 Å². The molecule has 2 aliphatic rings. The van der Waals surface area contributed by atoms with E-state index in [1.807, 2.05) is 6.21 Å². The minimum absolute atomic E-state index is 0.463. The van der Waals surface area contributed by atoms with Gasteiger partial charge in [0.1, 0.15) is 0 Å². The molecule has 0 spiro atoms. The third-order valence-electron chi connectivity index (χ3n) is 2.13. The van der Waals surface area contributed by atoms with E-state index in [2.05, 4.69) is 30.1 Å². The molecule has 0 saturated carbocycles. The van der Waals surface area contributed by atoms with Crippen molar-refractivity contribution >= 4 is 6.21 Å². The highest BCUT2D eigenvalue weighted by atomic mass is 14.8. The average Bonchev–Trinajstić information content (AvgIpc) is 2.33. The minimum atomic E-state index is 0.463. The summed E-state index contributed by atoms with van der Waals surface area (Å²) in [7, 11) is 0. The molecule has 0 amide bonds. The molecule has 1 aliphatic heterocycles. The van der Waals surface area contributed by atoms with Crippen LogP contribution in [0.1, 0.15) is 13.3 Å². The normalized spacial score (nSPS) is 35.9. The molecule has 10 heavy (non-hydrogen) atoms. The van der Waals surface area contributed by atoms with Gasteiger partial charge in [-0.25, -0.2) is 0 Å². The standard InChI is InChI=1S/C9H11N/c1-7-2-3-8-4-5-10-9(8)6-7/h2-3,5-6,8-9H,4H2,1H3. The first kappa shape index (κ1) is 5.90. The Morgan fingerprint density at radius 3 is 3.40 bits per heavy atom. The van der Waals surface area contributed by atoms with Crippen molar-refractivity contribution in [1.82, 2.24) is 0 Å². The quantitative estimate of drug-likeness (QED) is 0.479. The van der Waals surface area contributed by atoms with Crippen LogP contribution in [0.4, 0.5) is 0 Å². The number of hydrogen-bond donors (Lipinski definition) is 0. The van der Waals surface area contributed by atoms with Crippen LogP contribution in [0.3, 0.4) is 0 Å². The molecule has 1 aliphatic carbocycles. The predicted octanol–water partition coefficient (Wildman–Crippen LogP) is 1.96. The summed E-state index contributed by atoms with van der Waals surface area (Å²) < 4.78 is 0. The van der Waals surface area contributed by atoms with Crippen LogP contribution in [0.25, 0.3) is 0 Å². The molecule has 1 nitrogen and oxygen atoms in total. The van der Waals surface area contributed by atoms with Gasteiger partial charge >= 0.3 is 0 Å². The zero-order valence-electron chi connectivity index (χ0n) is 6.12. The largest absolute Gasteiger partial charge is 0.289 e. The fourth-order valence-electron chi connectivity index (χ4n) is 1.51. The van der Waals surface area contributed by atoms with Crippen LogP contribution in [0.2, 0.25) is 0 Å². The van der Waals surface area contributed by atoms with Gasteiger partial charge in [-0.2, -0.15) is 0 Å². The molecular weight excluding hydrogens is 122 g/mol. The summed E-state index contributed by atoms with van der Waals surface area (Å²) >= 11 is 0. The summed E-state index contributed by atoms with van der Waals surface area (Å²) in [6, 6.07) is 0.463. The van der Waals surface area contributed by atoms with E-state index < -0.39 is 0 Å². The van der Waals surface area contributed by atoms with Crippen molar-refractivity contribution in [2.75, 3.05) is 0 Å². The Morgan fingerprint density at radius 2 is 2.50 bits per heavy atom. The summed E-state index contributed by atoms with van der Waals surface area (Å²) in [5.74, 6) is 0.670. The van der Waals surface area contributed by atoms with Crippen LogP contribution in [0, 0.1) is 5.92 Å². The number of rotatable bonds is 0. The van der Waals surface area contributed by atoms with Gasteiger partial charge in [-0.15, -0.1) is 0 Å². The lowest BCUT2D eigenvalue weighted by molar-refractivity contribution is 0.633. The van der Waals surface area contributed by atoms with Crippen molar-refractivity contribution in [1.29, 1.82) is 0 Å². The van der Waals surface area contributed by atoms with Crippen LogP contribution in [0.15, 0.2) is 28.8 Å². The Balaban J connectivity index is 2.26. The minimum Gasteiger partial charge on any atom is -0.289 e. The van der Waals surface area contributed by atoms with E-state index in [0.29, 0.717) is 12.0 Å². The molecule has 2 atom stereocenters. The summed E-state index contributed by atoms with van der Waals surface area (Å²) in [5.41, 5.74) is 1.35. The highest BCUT2D eigenvalue weighted by molar-refractivity contribution is 5.62. The van der Waals surface area contributed by atoms with Crippen molar-refractivity contribution in [2.45, 2.75) is 19.4 Å². The molecular formula is C9H11N. The zero-order valence-corrected chi connectivity index (χ0v) is 6.12. The molecule has 1 heteroatoms. The van der Waals surface area contributed by atoms with E-state index in [4.69, 9.17) is 0 Å². The van der Waals surface area contributed by atoms with E-state index in [1.165, 1.54) is 5.57 Å². The summed E-state index contributed by atoms with van der Waals surface area (Å²) in [6.07, 6.45) is 9.87. The Kier molecular flexibility index (Phi) is 1.23. The number of allylic oxidation sites excluding steroid dienone is 2. The molecule has 0 aromatic heterocycles. The Bertz CT molecular complexity index is 223. The Morgan fingerprint density at radius 1 is 1.60 bits per heavy atom. The number of aliphatic imine (C=N–C) groups is 1. The van der Waals surface area contributed by atoms with Gasteiger partial charge in [0, 0.05) is 12.1 Å². The first-order valence-electron chi connectivity index (χ1n) is 3.74. The molecule has 0 saturated heterocycles. The third-order valence-corrected chi connectivity index (χ3v) is 2.13. The fraction of sp³-hybridized carbons (Fsp3) is 0.444. The van der Waals surface area contributed by atoms with Crippen molar-refractivity contribution < 1.29 is 0 Å². The van der Waals surface area contributed by atoms with E-state index in [-0.39, 0.29) is 0 Å². The van der Waals surface area contributed by atoms with Gasteiger partial charge in [0.05, 0.1) is 6.04 Å². The van der Waals surface area contributed by atoms with Gasteiger partial charge in [0.25, 0.3) is 0 Å². The van der Waals surface area contributed by atoms with Gasteiger partial charge in [0.15, 0.2) is 0 Å². The molecule has 0 bridgehead atoms. The van der Waals surface area contributed by atoms with E-state index >= 15 is 0 Å². The van der Waals surface area contributed by atoms with E-state index in [0.717, 1.165) is 6.42 Å². The molecule has 0 fully saturated rings. The molecule has 2 rings (SSSR count). The van der Waals surface area contributed by atoms with E-state index in [1.54, 1.807) is 0 Å². The SMILES string of the molecule is CC1=CC2N=CCC2C=C1. The Hall–Kier alpha value is -0.850. The lowest BCUT2D eigenvalue weighted by atomic mass is 9.93. The molecule has 0 aromatic carbocycles. The van der Waals surface area contributed by atoms with Crippen molar-refractivity contribution in [2.24, 2.45) is 10.9 Å². The highest BCUT2D eigenvalue weighted by Gasteiger charge is 2.21. The highest BCUT2D eigenvalue weighted by Crippen LogP contribution is 2.25. The lowest BCUT2D eigenvalue weighted by Gasteiger charge is -2.14. The summed E-state index contributed by atoms with van der Waals surface area (Å²) in [5, 5.41) is 0. The van der Waals surface area contributed by atoms with Crippen LogP contribution >= 0.6 is 0 Å². The van der Waals surface area contributed by atoms with Crippen LogP contribution in [-0.4, -0.2) is 12.3 Å². The maximum atomic E-state index is 4.36. The summed E-state index contributed by atoms with van der Waals surface area (Å²) in [4.78, 5) is 4.36. The van der Waals surface area contributed by atoms with Crippen molar-refractivity contribution in [3.8, 4) is 0 Å². The smallest absolute Gasteiger partial charge is 0.0747 e. The maximum absolute atomic E-state index is 4.36. The lowest BCUT2D eigenvalue weighted by Crippen LogP contribution is -2.11. The first-order chi connectivity index (χ1) is 4.86. The number of hydrogen-bond acceptors (Lipinski definition) is 1. The van der Waals surface area contributed by atoms with Gasteiger partial charge in [0.2, 0.25) is 0 Å². The number of nitrogens with zero attached hydrogens (tertiary/aromatic N) is 1. The van der Waals surface area contributed by atoms with E-state index in [9.17, 15) is 0 Å². The van der Waals surface area contributed by atoms with Crippen LogP contribution in [-0.2, 0) is 0 Å². The molecule has 0 N–H and O–H groups in total. The molecule has 52 valence electrons. The number of fused-ring (bicyclic) bond motifs is 1. The topological polar surface area (TPSA) is 12.4 Å². The second-order valence-corrected chi connectivity index (χ2v) is 2.99. The molecule has 1 heterocycles. The third kappa shape index (κ3) is 0.821. The molecule has 0 aromatic rings. The first-order valence-corrected chi connectivity index (χ1v) is 3.74. The van der Waals surface area contributed by atoms with Crippen molar-refractivity contribution in [3.63, 3.8) is 0 Å². The Labute approximate surface area is 61.2 Å². The van der Waals surface area contributed by atoms with Gasteiger partial charge in [-0.3, -0.25) is 4.99 Å². The second kappa shape index (κ2) is 2.08. The average molecular weight is 133 g/mol. The van der Waals surface area contributed by atoms with Crippen molar-refractivity contribution in [3.05, 3.63) is 23.8 Å². The zero-order chi connectivity index (χ0) is 6.97. The van der Waals surface area contributed by atoms with Crippen LogP contribution < -0.4 is 0 Å². The fourth-order valence-corrected chi connectivity index (χ4v) is 1.51. The monoisotopic (exact) mass is 133 g/mol. The maximum Gasteiger partial charge on any atom is 0.0747 e. The second-order valence-electron chi connectivity index (χ2n) is 2.99. The van der Waals surface area contributed by atoms with Gasteiger partial charge < -0.3 is 0 Å². The van der Waals surface area contributed by atoms with Crippen LogP contribution in [0.5, 0.6) is 0 Å². The van der Waals surface area contributed by atoms with Gasteiger partial charge in [-0.1, -0.05) is 23.8 Å². The molecule has 2 unspecified atom stereocenters. The summed E-state index contributed by atoms with van der Waals surface area (Å²) in [6.45, 7) is 2.13. The predicted molar refractivity (Wildman–Crippen MR) is 43.3 cm³/mol.